The molecule has 0 spiro atoms. The molecule has 0 heterocycles. The number of nitrogens with zero attached hydrogens (tertiary/aromatic N) is 3. The fraction of sp³-hybridized carbons (Fsp3) is 0.417. The number of rotatable bonds is 6. The zero-order valence-corrected chi connectivity index (χ0v) is 9.74. The quantitative estimate of drug-likeness (QED) is 0.249. The van der Waals surface area contributed by atoms with E-state index in [0.29, 0.717) is 6.61 Å². The Morgan fingerprint density at radius 1 is 1.47 bits per heavy atom. The van der Waals surface area contributed by atoms with Gasteiger partial charge < -0.3 is 4.74 Å². The van der Waals surface area contributed by atoms with Crippen molar-refractivity contribution in [1.82, 2.24) is 0 Å². The number of hydrogen-bond donors (Lipinski definition) is 0. The number of carbonyl (C=O) groups excluding carboxylic acids is 1. The number of benzene rings is 1. The maximum atomic E-state index is 11.3. The average Bonchev–Trinajstić information content (AvgIpc) is 2.36. The second-order valence-electron chi connectivity index (χ2n) is 3.64. The molecule has 5 heteroatoms. The van der Waals surface area contributed by atoms with E-state index in [1.807, 2.05) is 30.3 Å². The summed E-state index contributed by atoms with van der Waals surface area (Å²) in [6, 6.07) is 9.23. The van der Waals surface area contributed by atoms with Gasteiger partial charge in [-0.15, -0.1) is 0 Å². The van der Waals surface area contributed by atoms with E-state index in [2.05, 4.69) is 10.0 Å². The first-order chi connectivity index (χ1) is 8.24. The minimum Gasteiger partial charge on any atom is -0.465 e. The molecule has 0 bridgehead atoms. The first-order valence-corrected chi connectivity index (χ1v) is 5.49. The molecule has 1 rings (SSSR count). The van der Waals surface area contributed by atoms with Crippen molar-refractivity contribution in [3.63, 3.8) is 0 Å². The van der Waals surface area contributed by atoms with Gasteiger partial charge in [-0.2, -0.15) is 0 Å². The minimum atomic E-state index is -0.753. The van der Waals surface area contributed by atoms with Gasteiger partial charge in [0.05, 0.1) is 6.61 Å². The number of azide groups is 1. The molecule has 90 valence electrons. The van der Waals surface area contributed by atoms with Crippen molar-refractivity contribution in [2.75, 3.05) is 6.61 Å². The maximum Gasteiger partial charge on any atom is 0.314 e. The van der Waals surface area contributed by atoms with Crippen molar-refractivity contribution >= 4 is 5.97 Å². The van der Waals surface area contributed by atoms with Crippen molar-refractivity contribution in [2.45, 2.75) is 25.8 Å². The van der Waals surface area contributed by atoms with Crippen LogP contribution in [-0.2, 0) is 16.0 Å². The van der Waals surface area contributed by atoms with Crippen LogP contribution < -0.4 is 0 Å². The number of aryl methyl sites for hydroxylation is 1. The van der Waals surface area contributed by atoms with E-state index >= 15 is 0 Å². The third-order valence-corrected chi connectivity index (χ3v) is 2.26. The normalized spacial score (nSPS) is 11.4. The summed E-state index contributed by atoms with van der Waals surface area (Å²) in [5, 5.41) is 3.27. The number of hydrogen-bond acceptors (Lipinski definition) is 3. The van der Waals surface area contributed by atoms with Gasteiger partial charge in [0, 0.05) is 4.91 Å². The van der Waals surface area contributed by atoms with Crippen LogP contribution in [0.1, 0.15) is 18.9 Å². The van der Waals surface area contributed by atoms with Crippen molar-refractivity contribution < 1.29 is 9.53 Å². The molecule has 0 aliphatic carbocycles. The lowest BCUT2D eigenvalue weighted by atomic mass is 10.1. The van der Waals surface area contributed by atoms with E-state index < -0.39 is 12.0 Å². The Morgan fingerprint density at radius 2 is 2.18 bits per heavy atom. The smallest absolute Gasteiger partial charge is 0.314 e. The van der Waals surface area contributed by atoms with Crippen molar-refractivity contribution in [2.24, 2.45) is 5.11 Å². The summed E-state index contributed by atoms with van der Waals surface area (Å²) in [5.41, 5.74) is 9.37. The number of esters is 1. The molecular weight excluding hydrogens is 218 g/mol. The molecule has 0 N–H and O–H groups in total. The summed E-state index contributed by atoms with van der Waals surface area (Å²) in [7, 11) is 0. The third-order valence-electron chi connectivity index (χ3n) is 2.26. The molecule has 0 fully saturated rings. The molecule has 0 aliphatic heterocycles. The molecule has 0 saturated heterocycles. The Balaban J connectivity index is 2.20. The van der Waals surface area contributed by atoms with Crippen LogP contribution >= 0.6 is 0 Å². The van der Waals surface area contributed by atoms with Crippen LogP contribution in [0.2, 0.25) is 0 Å². The maximum absolute atomic E-state index is 11.3. The monoisotopic (exact) mass is 233 g/mol. The number of carbonyl (C=O) groups is 1. The van der Waals surface area contributed by atoms with Gasteiger partial charge in [0.25, 0.3) is 0 Å². The highest BCUT2D eigenvalue weighted by Gasteiger charge is 2.11. The lowest BCUT2D eigenvalue weighted by Crippen LogP contribution is -2.18. The lowest BCUT2D eigenvalue weighted by Gasteiger charge is -2.06. The van der Waals surface area contributed by atoms with E-state index in [4.69, 9.17) is 10.3 Å². The summed E-state index contributed by atoms with van der Waals surface area (Å²) < 4.78 is 4.97. The molecule has 0 radical (unpaired) electrons. The fourth-order valence-corrected chi connectivity index (χ4v) is 1.34. The molecule has 1 aromatic rings. The summed E-state index contributed by atoms with van der Waals surface area (Å²) in [5.74, 6) is -0.476. The van der Waals surface area contributed by atoms with Gasteiger partial charge in [-0.3, -0.25) is 4.79 Å². The highest BCUT2D eigenvalue weighted by molar-refractivity contribution is 5.75. The Kier molecular flexibility index (Phi) is 5.61. The summed E-state index contributed by atoms with van der Waals surface area (Å²) in [4.78, 5) is 13.8. The van der Waals surface area contributed by atoms with Crippen molar-refractivity contribution in [3.05, 3.63) is 46.3 Å². The predicted molar refractivity (Wildman–Crippen MR) is 64.3 cm³/mol. The van der Waals surface area contributed by atoms with Gasteiger partial charge in [0.1, 0.15) is 6.04 Å². The summed E-state index contributed by atoms with van der Waals surface area (Å²) >= 11 is 0. The first kappa shape index (κ1) is 13.1. The summed E-state index contributed by atoms with van der Waals surface area (Å²) in [6.07, 6.45) is 1.63. The second kappa shape index (κ2) is 7.30. The van der Waals surface area contributed by atoms with Gasteiger partial charge in [0.2, 0.25) is 0 Å². The van der Waals surface area contributed by atoms with Gasteiger partial charge in [-0.25, -0.2) is 0 Å². The van der Waals surface area contributed by atoms with E-state index in [-0.39, 0.29) is 0 Å². The Bertz CT molecular complexity index is 399. The van der Waals surface area contributed by atoms with Crippen LogP contribution in [0.25, 0.3) is 10.4 Å². The summed E-state index contributed by atoms with van der Waals surface area (Å²) in [6.45, 7) is 1.86. The molecule has 17 heavy (non-hydrogen) atoms. The largest absolute Gasteiger partial charge is 0.465 e. The Labute approximate surface area is 100 Å². The molecular formula is C12H15N3O2. The fourth-order valence-electron chi connectivity index (χ4n) is 1.34. The van der Waals surface area contributed by atoms with Gasteiger partial charge in [0.15, 0.2) is 0 Å². The van der Waals surface area contributed by atoms with Crippen LogP contribution in [0.15, 0.2) is 35.4 Å². The average molecular weight is 233 g/mol. The van der Waals surface area contributed by atoms with E-state index in [9.17, 15) is 4.79 Å². The van der Waals surface area contributed by atoms with E-state index in [1.165, 1.54) is 12.5 Å². The predicted octanol–water partition coefficient (Wildman–Crippen LogP) is 2.86. The van der Waals surface area contributed by atoms with Gasteiger partial charge in [-0.1, -0.05) is 35.4 Å². The molecule has 1 atom stereocenters. The molecule has 1 unspecified atom stereocenters. The van der Waals surface area contributed by atoms with Crippen molar-refractivity contribution in [1.29, 1.82) is 0 Å². The highest BCUT2D eigenvalue weighted by Crippen LogP contribution is 2.03. The number of ether oxygens (including phenoxy) is 1. The van der Waals surface area contributed by atoms with Crippen LogP contribution in [-0.4, -0.2) is 18.6 Å². The first-order valence-electron chi connectivity index (χ1n) is 5.49. The molecule has 0 aliphatic rings. The minimum absolute atomic E-state index is 0.346. The van der Waals surface area contributed by atoms with Crippen molar-refractivity contribution in [3.8, 4) is 0 Å². The van der Waals surface area contributed by atoms with Crippen LogP contribution in [0.3, 0.4) is 0 Å². The van der Waals surface area contributed by atoms with Crippen LogP contribution in [0, 0.1) is 0 Å². The molecule has 0 amide bonds. The standard InChI is InChI=1S/C12H15N3O2/c1-10(14-15-13)12(16)17-9-5-8-11-6-3-2-4-7-11/h2-4,6-7,10H,5,8-9H2,1H3. The van der Waals surface area contributed by atoms with E-state index in [0.717, 1.165) is 12.8 Å². The zero-order chi connectivity index (χ0) is 12.5. The van der Waals surface area contributed by atoms with Gasteiger partial charge in [-0.05, 0) is 30.9 Å². The molecule has 1 aromatic carbocycles. The van der Waals surface area contributed by atoms with Gasteiger partial charge >= 0.3 is 5.97 Å². The Hall–Kier alpha value is -2.00. The molecule has 5 nitrogen and oxygen atoms in total. The van der Waals surface area contributed by atoms with Crippen LogP contribution in [0.4, 0.5) is 0 Å². The molecule has 0 saturated carbocycles. The third kappa shape index (κ3) is 5.04. The molecule has 0 aromatic heterocycles. The topological polar surface area (TPSA) is 75.1 Å². The highest BCUT2D eigenvalue weighted by atomic mass is 16.5. The lowest BCUT2D eigenvalue weighted by molar-refractivity contribution is -0.144. The SMILES string of the molecule is CC(N=[N+]=[N-])C(=O)OCCCc1ccccc1. The van der Waals surface area contributed by atoms with Crippen LogP contribution in [0.5, 0.6) is 0 Å². The zero-order valence-electron chi connectivity index (χ0n) is 9.74. The Morgan fingerprint density at radius 3 is 2.82 bits per heavy atom. The van der Waals surface area contributed by atoms with E-state index in [1.54, 1.807) is 0 Å². The second-order valence-corrected chi connectivity index (χ2v) is 3.64.